The van der Waals surface area contributed by atoms with Crippen LogP contribution in [0, 0.1) is 0 Å². The van der Waals surface area contributed by atoms with Crippen molar-refractivity contribution in [2.75, 3.05) is 0 Å². The number of nitrogens with zero attached hydrogens (tertiary/aromatic N) is 3. The Balaban J connectivity index is 1.92. The summed E-state index contributed by atoms with van der Waals surface area (Å²) in [7, 11) is 0. The lowest BCUT2D eigenvalue weighted by Crippen LogP contribution is -1.99. The Morgan fingerprint density at radius 1 is 1.00 bits per heavy atom. The second kappa shape index (κ2) is 4.97. The van der Waals surface area contributed by atoms with Gasteiger partial charge >= 0.3 is 5.97 Å². The van der Waals surface area contributed by atoms with Crippen LogP contribution in [-0.4, -0.2) is 25.8 Å². The highest BCUT2D eigenvalue weighted by molar-refractivity contribution is 5.87. The van der Waals surface area contributed by atoms with Crippen molar-refractivity contribution in [1.82, 2.24) is 14.8 Å². The molecule has 0 unspecified atom stereocenters. The second-order valence-electron chi connectivity index (χ2n) is 4.21. The first-order valence-electron chi connectivity index (χ1n) is 6.05. The van der Waals surface area contributed by atoms with E-state index < -0.39 is 5.97 Å². The fourth-order valence-corrected chi connectivity index (χ4v) is 1.88. The van der Waals surface area contributed by atoms with Crippen LogP contribution in [0.4, 0.5) is 0 Å². The van der Waals surface area contributed by atoms with Crippen LogP contribution in [0.3, 0.4) is 0 Å². The van der Waals surface area contributed by atoms with Gasteiger partial charge in [-0.15, -0.1) is 0 Å². The molecule has 20 heavy (non-hydrogen) atoms. The number of hydrogen-bond acceptors (Lipinski definition) is 3. The highest BCUT2D eigenvalue weighted by Gasteiger charge is 2.06. The fraction of sp³-hybridized carbons (Fsp3) is 0. The molecule has 2 aromatic heterocycles. The molecule has 0 aliphatic carbocycles. The van der Waals surface area contributed by atoms with Crippen molar-refractivity contribution in [2.24, 2.45) is 0 Å². The average molecular weight is 265 g/mol. The Kier molecular flexibility index (Phi) is 3.01. The third kappa shape index (κ3) is 2.29. The van der Waals surface area contributed by atoms with Crippen LogP contribution in [0.15, 0.2) is 60.9 Å². The van der Waals surface area contributed by atoms with Gasteiger partial charge < -0.3 is 5.11 Å². The minimum Gasteiger partial charge on any atom is -0.478 e. The van der Waals surface area contributed by atoms with Gasteiger partial charge in [-0.25, -0.2) is 9.48 Å². The van der Waals surface area contributed by atoms with Crippen LogP contribution >= 0.6 is 0 Å². The molecule has 98 valence electrons. The van der Waals surface area contributed by atoms with E-state index in [2.05, 4.69) is 10.1 Å². The van der Waals surface area contributed by atoms with Gasteiger partial charge in [0.15, 0.2) is 0 Å². The normalized spacial score (nSPS) is 10.4. The molecule has 5 nitrogen and oxygen atoms in total. The highest BCUT2D eigenvalue weighted by Crippen LogP contribution is 2.16. The largest absolute Gasteiger partial charge is 0.478 e. The number of carboxylic acid groups (broad SMARTS) is 1. The minimum absolute atomic E-state index is 0.255. The van der Waals surface area contributed by atoms with Gasteiger partial charge in [0.25, 0.3) is 0 Å². The van der Waals surface area contributed by atoms with Crippen LogP contribution < -0.4 is 0 Å². The summed E-state index contributed by atoms with van der Waals surface area (Å²) < 4.78 is 1.69. The number of carbonyl (C=O) groups is 1. The van der Waals surface area contributed by atoms with E-state index >= 15 is 0 Å². The molecule has 0 radical (unpaired) electrons. The fourth-order valence-electron chi connectivity index (χ4n) is 1.88. The Labute approximate surface area is 115 Å². The number of aromatic carboxylic acids is 1. The third-order valence-electron chi connectivity index (χ3n) is 2.90. The number of rotatable bonds is 3. The van der Waals surface area contributed by atoms with Gasteiger partial charge in [-0.2, -0.15) is 5.10 Å². The summed E-state index contributed by atoms with van der Waals surface area (Å²) in [5.41, 5.74) is 2.63. The van der Waals surface area contributed by atoms with E-state index in [1.165, 1.54) is 0 Å². The maximum absolute atomic E-state index is 10.8. The SMILES string of the molecule is O=C(O)c1ccc(-n2ccc(-c3ccccn3)n2)cc1. The molecule has 1 N–H and O–H groups in total. The summed E-state index contributed by atoms with van der Waals surface area (Å²) in [6.07, 6.45) is 3.54. The van der Waals surface area contributed by atoms with Crippen molar-refractivity contribution in [1.29, 1.82) is 0 Å². The van der Waals surface area contributed by atoms with Gasteiger partial charge in [0.1, 0.15) is 5.69 Å². The maximum atomic E-state index is 10.8. The Morgan fingerprint density at radius 2 is 1.80 bits per heavy atom. The maximum Gasteiger partial charge on any atom is 0.335 e. The van der Waals surface area contributed by atoms with Crippen LogP contribution in [0.2, 0.25) is 0 Å². The van der Waals surface area contributed by atoms with E-state index in [1.807, 2.05) is 30.5 Å². The standard InChI is InChI=1S/C15H11N3O2/c19-15(20)11-4-6-12(7-5-11)18-10-8-14(17-18)13-3-1-2-9-16-13/h1-10H,(H,19,20). The molecule has 3 aromatic rings. The van der Waals surface area contributed by atoms with Crippen LogP contribution in [0.1, 0.15) is 10.4 Å². The first-order chi connectivity index (χ1) is 9.74. The molecule has 0 aliphatic heterocycles. The first kappa shape index (κ1) is 12.1. The molecule has 0 aliphatic rings. The van der Waals surface area contributed by atoms with Crippen molar-refractivity contribution < 1.29 is 9.90 Å². The molecule has 0 spiro atoms. The topological polar surface area (TPSA) is 68.0 Å². The smallest absolute Gasteiger partial charge is 0.335 e. The predicted molar refractivity (Wildman–Crippen MR) is 73.8 cm³/mol. The number of hydrogen-bond donors (Lipinski definition) is 1. The average Bonchev–Trinajstić information content (AvgIpc) is 2.98. The van der Waals surface area contributed by atoms with Crippen molar-refractivity contribution in [2.45, 2.75) is 0 Å². The molecule has 1 aromatic carbocycles. The molecule has 0 saturated carbocycles. The number of pyridine rings is 1. The van der Waals surface area contributed by atoms with Crippen molar-refractivity contribution in [3.05, 3.63) is 66.5 Å². The number of benzene rings is 1. The zero-order valence-electron chi connectivity index (χ0n) is 10.5. The predicted octanol–water partition coefficient (Wildman–Crippen LogP) is 2.63. The van der Waals surface area contributed by atoms with Crippen molar-refractivity contribution in [3.63, 3.8) is 0 Å². The second-order valence-corrected chi connectivity index (χ2v) is 4.21. The molecule has 0 saturated heterocycles. The molecule has 5 heteroatoms. The molecular weight excluding hydrogens is 254 g/mol. The van der Waals surface area contributed by atoms with Gasteiger partial charge in [0, 0.05) is 12.4 Å². The van der Waals surface area contributed by atoms with E-state index in [0.717, 1.165) is 17.1 Å². The van der Waals surface area contributed by atoms with Crippen LogP contribution in [0.25, 0.3) is 17.1 Å². The van der Waals surface area contributed by atoms with Gasteiger partial charge in [-0.1, -0.05) is 6.07 Å². The van der Waals surface area contributed by atoms with Crippen molar-refractivity contribution in [3.8, 4) is 17.1 Å². The molecular formula is C15H11N3O2. The summed E-state index contributed by atoms with van der Waals surface area (Å²) >= 11 is 0. The number of carboxylic acids is 1. The van der Waals surface area contributed by atoms with E-state index in [0.29, 0.717) is 0 Å². The third-order valence-corrected chi connectivity index (χ3v) is 2.90. The van der Waals surface area contributed by atoms with Gasteiger partial charge in [0.2, 0.25) is 0 Å². The number of aromatic nitrogens is 3. The monoisotopic (exact) mass is 265 g/mol. The van der Waals surface area contributed by atoms with E-state index in [1.54, 1.807) is 35.1 Å². The zero-order valence-corrected chi connectivity index (χ0v) is 10.5. The van der Waals surface area contributed by atoms with E-state index in [9.17, 15) is 4.79 Å². The lowest BCUT2D eigenvalue weighted by atomic mass is 10.2. The van der Waals surface area contributed by atoms with E-state index in [-0.39, 0.29) is 5.56 Å². The Hall–Kier alpha value is -2.95. The highest BCUT2D eigenvalue weighted by atomic mass is 16.4. The molecule has 3 rings (SSSR count). The first-order valence-corrected chi connectivity index (χ1v) is 6.05. The zero-order chi connectivity index (χ0) is 13.9. The lowest BCUT2D eigenvalue weighted by molar-refractivity contribution is 0.0697. The summed E-state index contributed by atoms with van der Waals surface area (Å²) in [6.45, 7) is 0. The van der Waals surface area contributed by atoms with Gasteiger partial charge in [0.05, 0.1) is 16.9 Å². The molecule has 0 amide bonds. The van der Waals surface area contributed by atoms with E-state index in [4.69, 9.17) is 5.11 Å². The summed E-state index contributed by atoms with van der Waals surface area (Å²) in [4.78, 5) is 15.0. The van der Waals surface area contributed by atoms with Gasteiger partial charge in [-0.05, 0) is 42.5 Å². The molecule has 2 heterocycles. The minimum atomic E-state index is -0.939. The molecule has 0 fully saturated rings. The quantitative estimate of drug-likeness (QED) is 0.790. The summed E-state index contributed by atoms with van der Waals surface area (Å²) in [5, 5.41) is 13.3. The Bertz CT molecular complexity index is 733. The van der Waals surface area contributed by atoms with Gasteiger partial charge in [-0.3, -0.25) is 4.98 Å². The molecule has 0 atom stereocenters. The lowest BCUT2D eigenvalue weighted by Gasteiger charge is -2.01. The summed E-state index contributed by atoms with van der Waals surface area (Å²) in [5.74, 6) is -0.939. The van der Waals surface area contributed by atoms with Crippen molar-refractivity contribution >= 4 is 5.97 Å². The molecule has 0 bridgehead atoms. The Morgan fingerprint density at radius 3 is 2.45 bits per heavy atom. The van der Waals surface area contributed by atoms with Crippen LogP contribution in [-0.2, 0) is 0 Å². The van der Waals surface area contributed by atoms with Crippen LogP contribution in [0.5, 0.6) is 0 Å². The summed E-state index contributed by atoms with van der Waals surface area (Å²) in [6, 6.07) is 14.1.